The minimum absolute atomic E-state index is 0.0366. The van der Waals surface area contributed by atoms with Crippen LogP contribution in [-0.4, -0.2) is 32.8 Å². The number of hydrogen-bond donors (Lipinski definition) is 2. The quantitative estimate of drug-likeness (QED) is 0.525. The van der Waals surface area contributed by atoms with Crippen LogP contribution in [0.3, 0.4) is 0 Å². The highest BCUT2D eigenvalue weighted by Gasteiger charge is 2.35. The lowest BCUT2D eigenvalue weighted by atomic mass is 9.85. The first-order chi connectivity index (χ1) is 16.2. The molecule has 0 radical (unpaired) electrons. The summed E-state index contributed by atoms with van der Waals surface area (Å²) in [5, 5.41) is 16.6. The highest BCUT2D eigenvalue weighted by Crippen LogP contribution is 2.40. The third kappa shape index (κ3) is 5.45. The maximum Gasteiger partial charge on any atom is 0.417 e. The molecule has 2 aliphatic carbocycles. The third-order valence-electron chi connectivity index (χ3n) is 7.04. The van der Waals surface area contributed by atoms with Gasteiger partial charge in [-0.1, -0.05) is 63.1 Å². The zero-order valence-corrected chi connectivity index (χ0v) is 19.0. The van der Waals surface area contributed by atoms with E-state index < -0.39 is 29.7 Å². The molecule has 1 aromatic carbocycles. The maximum absolute atomic E-state index is 13.7. The van der Waals surface area contributed by atoms with Gasteiger partial charge in [-0.25, -0.2) is 4.79 Å². The fourth-order valence-electron chi connectivity index (χ4n) is 5.30. The summed E-state index contributed by atoms with van der Waals surface area (Å²) in [7, 11) is 0. The molecule has 2 saturated carbocycles. The Morgan fingerprint density at radius 1 is 1.06 bits per heavy atom. The van der Waals surface area contributed by atoms with E-state index in [1.807, 2.05) is 0 Å². The van der Waals surface area contributed by atoms with Gasteiger partial charge in [0.2, 0.25) is 0 Å². The van der Waals surface area contributed by atoms with Crippen molar-refractivity contribution in [3.05, 3.63) is 41.6 Å². The number of alkyl halides is 3. The van der Waals surface area contributed by atoms with Gasteiger partial charge in [-0.05, 0) is 37.3 Å². The fourth-order valence-corrected chi connectivity index (χ4v) is 5.30. The van der Waals surface area contributed by atoms with Crippen LogP contribution in [0.5, 0.6) is 0 Å². The summed E-state index contributed by atoms with van der Waals surface area (Å²) in [5.41, 5.74) is -0.662. The van der Waals surface area contributed by atoms with Crippen LogP contribution in [0.4, 0.5) is 13.2 Å². The topological polar surface area (TPSA) is 84.2 Å². The molecule has 1 heterocycles. The number of rotatable bonds is 7. The molecule has 2 aliphatic rings. The van der Waals surface area contributed by atoms with E-state index in [0.29, 0.717) is 6.42 Å². The number of carboxylic acids is 1. The average molecular weight is 478 g/mol. The molecular formula is C25H30F3N3O3. The first-order valence-corrected chi connectivity index (χ1v) is 12.0. The molecule has 2 aromatic rings. The Labute approximate surface area is 196 Å². The minimum atomic E-state index is -4.56. The molecule has 2 fully saturated rings. The molecule has 1 atom stereocenters. The van der Waals surface area contributed by atoms with Crippen LogP contribution in [0.2, 0.25) is 0 Å². The zero-order valence-electron chi connectivity index (χ0n) is 19.0. The minimum Gasteiger partial charge on any atom is -0.480 e. The number of carboxylic acid groups (broad SMARTS) is 1. The first kappa shape index (κ1) is 24.3. The first-order valence-electron chi connectivity index (χ1n) is 12.0. The van der Waals surface area contributed by atoms with Crippen molar-refractivity contribution in [2.24, 2.45) is 5.92 Å². The van der Waals surface area contributed by atoms with Gasteiger partial charge in [-0.15, -0.1) is 0 Å². The van der Waals surface area contributed by atoms with Crippen molar-refractivity contribution in [2.45, 2.75) is 82.5 Å². The van der Waals surface area contributed by atoms with Crippen molar-refractivity contribution >= 4 is 11.9 Å². The standard InChI is InChI=1S/C25H30F3N3O3/c26-25(27,28)19-13-7-6-12-18(19)22-15-20(30-31(22)17-10-4-5-11-17)23(32)29-21(24(33)34)14-16-8-2-1-3-9-16/h6-7,12-13,15-17,21H,1-5,8-11,14H2,(H,29,32)(H,33,34)/t21-/m0/s1. The predicted octanol–water partition coefficient (Wildman–Crippen LogP) is 5.84. The summed E-state index contributed by atoms with van der Waals surface area (Å²) in [5.74, 6) is -1.55. The number of carbonyl (C=O) groups excluding carboxylic acids is 1. The number of nitrogens with zero attached hydrogens (tertiary/aromatic N) is 2. The van der Waals surface area contributed by atoms with Crippen molar-refractivity contribution in [1.29, 1.82) is 0 Å². The molecule has 1 amide bonds. The second-order valence-corrected chi connectivity index (χ2v) is 9.45. The predicted molar refractivity (Wildman–Crippen MR) is 120 cm³/mol. The van der Waals surface area contributed by atoms with Gasteiger partial charge in [0.05, 0.1) is 17.3 Å². The van der Waals surface area contributed by atoms with E-state index in [-0.39, 0.29) is 28.9 Å². The molecule has 34 heavy (non-hydrogen) atoms. The van der Waals surface area contributed by atoms with Crippen LogP contribution in [0.15, 0.2) is 30.3 Å². The number of aromatic nitrogens is 2. The molecule has 0 unspecified atom stereocenters. The summed E-state index contributed by atoms with van der Waals surface area (Å²) in [6, 6.07) is 5.47. The second-order valence-electron chi connectivity index (χ2n) is 9.45. The largest absolute Gasteiger partial charge is 0.480 e. The monoisotopic (exact) mass is 477 g/mol. The highest BCUT2D eigenvalue weighted by molar-refractivity contribution is 5.96. The van der Waals surface area contributed by atoms with E-state index in [4.69, 9.17) is 0 Å². The van der Waals surface area contributed by atoms with Crippen molar-refractivity contribution in [1.82, 2.24) is 15.1 Å². The number of halogens is 3. The van der Waals surface area contributed by atoms with Crippen molar-refractivity contribution in [3.8, 4) is 11.3 Å². The SMILES string of the molecule is O=C(N[C@@H](CC1CCCCC1)C(=O)O)c1cc(-c2ccccc2C(F)(F)F)n(C2CCCC2)n1. The van der Waals surface area contributed by atoms with Crippen LogP contribution in [0.1, 0.15) is 86.3 Å². The smallest absolute Gasteiger partial charge is 0.417 e. The van der Waals surface area contributed by atoms with E-state index in [2.05, 4.69) is 10.4 Å². The summed E-state index contributed by atoms with van der Waals surface area (Å²) in [6.45, 7) is 0. The van der Waals surface area contributed by atoms with Crippen LogP contribution < -0.4 is 5.32 Å². The molecule has 4 rings (SSSR count). The molecule has 0 saturated heterocycles. The van der Waals surface area contributed by atoms with Gasteiger partial charge >= 0.3 is 12.1 Å². The van der Waals surface area contributed by atoms with Crippen molar-refractivity contribution in [2.75, 3.05) is 0 Å². The van der Waals surface area contributed by atoms with E-state index >= 15 is 0 Å². The summed E-state index contributed by atoms with van der Waals surface area (Å²) in [4.78, 5) is 24.9. The van der Waals surface area contributed by atoms with Gasteiger partial charge in [-0.3, -0.25) is 9.48 Å². The van der Waals surface area contributed by atoms with Gasteiger partial charge < -0.3 is 10.4 Å². The van der Waals surface area contributed by atoms with Crippen LogP contribution in [0, 0.1) is 5.92 Å². The number of benzene rings is 1. The molecule has 2 N–H and O–H groups in total. The lowest BCUT2D eigenvalue weighted by Crippen LogP contribution is -2.42. The number of nitrogens with one attached hydrogen (secondary N) is 1. The zero-order chi connectivity index (χ0) is 24.3. The number of amides is 1. The van der Waals surface area contributed by atoms with E-state index in [9.17, 15) is 27.9 Å². The van der Waals surface area contributed by atoms with Gasteiger partial charge in [0, 0.05) is 5.56 Å². The molecule has 0 spiro atoms. The molecular weight excluding hydrogens is 447 g/mol. The Hall–Kier alpha value is -2.84. The van der Waals surface area contributed by atoms with Crippen LogP contribution in [-0.2, 0) is 11.0 Å². The number of hydrogen-bond acceptors (Lipinski definition) is 3. The third-order valence-corrected chi connectivity index (χ3v) is 7.04. The molecule has 9 heteroatoms. The summed E-state index contributed by atoms with van der Waals surface area (Å²) in [6.07, 6.45) is 4.32. The van der Waals surface area contributed by atoms with E-state index in [0.717, 1.165) is 63.9 Å². The Kier molecular flexibility index (Phi) is 7.28. The van der Waals surface area contributed by atoms with Crippen molar-refractivity contribution < 1.29 is 27.9 Å². The lowest BCUT2D eigenvalue weighted by Gasteiger charge is -2.24. The molecule has 0 bridgehead atoms. The average Bonchev–Trinajstić information content (AvgIpc) is 3.49. The molecule has 6 nitrogen and oxygen atoms in total. The Bertz CT molecular complexity index is 1020. The van der Waals surface area contributed by atoms with Crippen LogP contribution in [0.25, 0.3) is 11.3 Å². The maximum atomic E-state index is 13.7. The Balaban J connectivity index is 1.64. The molecule has 0 aliphatic heterocycles. The second kappa shape index (κ2) is 10.2. The Morgan fingerprint density at radius 2 is 1.71 bits per heavy atom. The number of carbonyl (C=O) groups is 2. The highest BCUT2D eigenvalue weighted by atomic mass is 19.4. The fraction of sp³-hybridized carbons (Fsp3) is 0.560. The molecule has 1 aromatic heterocycles. The van der Waals surface area contributed by atoms with E-state index in [1.165, 1.54) is 28.9 Å². The normalized spacial score (nSPS) is 18.7. The summed E-state index contributed by atoms with van der Waals surface area (Å²) < 4.78 is 42.7. The molecule has 184 valence electrons. The summed E-state index contributed by atoms with van der Waals surface area (Å²) >= 11 is 0. The Morgan fingerprint density at radius 3 is 2.35 bits per heavy atom. The van der Waals surface area contributed by atoms with E-state index in [1.54, 1.807) is 0 Å². The van der Waals surface area contributed by atoms with Gasteiger partial charge in [0.15, 0.2) is 5.69 Å². The van der Waals surface area contributed by atoms with Crippen LogP contribution >= 0.6 is 0 Å². The van der Waals surface area contributed by atoms with Gasteiger partial charge in [-0.2, -0.15) is 18.3 Å². The van der Waals surface area contributed by atoms with Gasteiger partial charge in [0.1, 0.15) is 6.04 Å². The van der Waals surface area contributed by atoms with Gasteiger partial charge in [0.25, 0.3) is 5.91 Å². The lowest BCUT2D eigenvalue weighted by molar-refractivity contribution is -0.140. The van der Waals surface area contributed by atoms with Crippen molar-refractivity contribution in [3.63, 3.8) is 0 Å². The number of aliphatic carboxylic acids is 1.